The fourth-order valence-electron chi connectivity index (χ4n) is 1.73. The molecule has 0 saturated heterocycles. The monoisotopic (exact) mass is 318 g/mol. The van der Waals surface area contributed by atoms with Gasteiger partial charge in [-0.25, -0.2) is 4.83 Å². The molecule has 0 aliphatic carbocycles. The average molecular weight is 318 g/mol. The molecule has 0 spiro atoms. The van der Waals surface area contributed by atoms with E-state index in [9.17, 15) is 8.42 Å². The van der Waals surface area contributed by atoms with Crippen LogP contribution in [0.5, 0.6) is 5.75 Å². The zero-order chi connectivity index (χ0) is 15.8. The molecule has 0 aliphatic heterocycles. The van der Waals surface area contributed by atoms with Crippen molar-refractivity contribution in [2.75, 3.05) is 6.61 Å². The van der Waals surface area contributed by atoms with Crippen molar-refractivity contribution in [2.45, 2.75) is 18.2 Å². The molecule has 0 aromatic heterocycles. The van der Waals surface area contributed by atoms with E-state index in [1.54, 1.807) is 24.3 Å². The molecule has 0 unspecified atom stereocenters. The summed E-state index contributed by atoms with van der Waals surface area (Å²) in [6.45, 7) is 2.67. The Morgan fingerprint density at radius 2 is 1.91 bits per heavy atom. The van der Waals surface area contributed by atoms with Crippen molar-refractivity contribution >= 4 is 16.2 Å². The third-order valence-electron chi connectivity index (χ3n) is 2.77. The fraction of sp³-hybridized carbons (Fsp3) is 0.188. The molecule has 22 heavy (non-hydrogen) atoms. The van der Waals surface area contributed by atoms with Gasteiger partial charge in [-0.3, -0.25) is 0 Å². The molecule has 0 fully saturated rings. The lowest BCUT2D eigenvalue weighted by molar-refractivity contribution is 0.317. The Morgan fingerprint density at radius 3 is 2.64 bits per heavy atom. The van der Waals surface area contributed by atoms with Gasteiger partial charge >= 0.3 is 0 Å². The smallest absolute Gasteiger partial charge is 0.276 e. The zero-order valence-electron chi connectivity index (χ0n) is 12.3. The summed E-state index contributed by atoms with van der Waals surface area (Å²) in [6.07, 6.45) is 2.37. The second kappa shape index (κ2) is 7.61. The third-order valence-corrected chi connectivity index (χ3v) is 4.01. The lowest BCUT2D eigenvalue weighted by atomic mass is 10.2. The molecule has 0 atom stereocenters. The fourth-order valence-corrected chi connectivity index (χ4v) is 2.54. The van der Waals surface area contributed by atoms with E-state index in [2.05, 4.69) is 9.93 Å². The summed E-state index contributed by atoms with van der Waals surface area (Å²) in [7, 11) is -3.63. The van der Waals surface area contributed by atoms with Crippen molar-refractivity contribution in [1.82, 2.24) is 4.83 Å². The van der Waals surface area contributed by atoms with E-state index in [0.717, 1.165) is 17.7 Å². The Kier molecular flexibility index (Phi) is 5.55. The SMILES string of the molecule is CCCOc1cccc(/C=N/NS(=O)(=O)c2ccccc2)c1. The van der Waals surface area contributed by atoms with Gasteiger partial charge in [0.05, 0.1) is 17.7 Å². The maximum absolute atomic E-state index is 12.0. The van der Waals surface area contributed by atoms with Crippen molar-refractivity contribution in [2.24, 2.45) is 5.10 Å². The molecule has 0 heterocycles. The Morgan fingerprint density at radius 1 is 1.14 bits per heavy atom. The van der Waals surface area contributed by atoms with Crippen molar-refractivity contribution in [3.05, 3.63) is 60.2 Å². The van der Waals surface area contributed by atoms with Gasteiger partial charge < -0.3 is 4.74 Å². The first kappa shape index (κ1) is 16.0. The first-order valence-electron chi connectivity index (χ1n) is 6.94. The normalized spacial score (nSPS) is 11.5. The highest BCUT2D eigenvalue weighted by Gasteiger charge is 2.10. The minimum absolute atomic E-state index is 0.173. The van der Waals surface area contributed by atoms with Crippen molar-refractivity contribution in [3.63, 3.8) is 0 Å². The van der Waals surface area contributed by atoms with E-state index in [1.807, 2.05) is 25.1 Å². The van der Waals surface area contributed by atoms with Crippen LogP contribution in [0.3, 0.4) is 0 Å². The lowest BCUT2D eigenvalue weighted by Gasteiger charge is -2.05. The van der Waals surface area contributed by atoms with Crippen LogP contribution < -0.4 is 9.57 Å². The highest BCUT2D eigenvalue weighted by Crippen LogP contribution is 2.12. The number of hydrogen-bond donors (Lipinski definition) is 1. The second-order valence-electron chi connectivity index (χ2n) is 4.59. The predicted molar refractivity (Wildman–Crippen MR) is 86.6 cm³/mol. The summed E-state index contributed by atoms with van der Waals surface area (Å²) in [5.74, 6) is 0.733. The van der Waals surface area contributed by atoms with Gasteiger partial charge in [-0.15, -0.1) is 0 Å². The number of rotatable bonds is 7. The number of sulfonamides is 1. The average Bonchev–Trinajstić information content (AvgIpc) is 2.54. The number of hydrazone groups is 1. The van der Waals surface area contributed by atoms with Crippen LogP contribution in [0.2, 0.25) is 0 Å². The van der Waals surface area contributed by atoms with Crippen LogP contribution in [0.25, 0.3) is 0 Å². The van der Waals surface area contributed by atoms with Crippen molar-refractivity contribution in [1.29, 1.82) is 0 Å². The summed E-state index contributed by atoms with van der Waals surface area (Å²) in [6, 6.07) is 15.4. The molecule has 0 saturated carbocycles. The molecular weight excluding hydrogens is 300 g/mol. The predicted octanol–water partition coefficient (Wildman–Crippen LogP) is 2.79. The largest absolute Gasteiger partial charge is 0.494 e. The molecule has 2 rings (SSSR count). The Balaban J connectivity index is 2.03. The molecule has 5 nitrogen and oxygen atoms in total. The molecule has 6 heteroatoms. The van der Waals surface area contributed by atoms with E-state index in [4.69, 9.17) is 4.74 Å². The van der Waals surface area contributed by atoms with Crippen LogP contribution in [-0.2, 0) is 10.0 Å². The van der Waals surface area contributed by atoms with Gasteiger partial charge in [-0.2, -0.15) is 13.5 Å². The quantitative estimate of drug-likeness (QED) is 0.630. The van der Waals surface area contributed by atoms with Crippen molar-refractivity contribution < 1.29 is 13.2 Å². The Bertz CT molecular complexity index is 728. The van der Waals surface area contributed by atoms with E-state index >= 15 is 0 Å². The van der Waals surface area contributed by atoms with Crippen LogP contribution in [0.1, 0.15) is 18.9 Å². The minimum atomic E-state index is -3.63. The van der Waals surface area contributed by atoms with E-state index < -0.39 is 10.0 Å². The molecule has 2 aromatic rings. The van der Waals surface area contributed by atoms with Gasteiger partial charge in [0.25, 0.3) is 10.0 Å². The van der Waals surface area contributed by atoms with Gasteiger partial charge in [-0.1, -0.05) is 37.3 Å². The van der Waals surface area contributed by atoms with Crippen LogP contribution in [0.4, 0.5) is 0 Å². The minimum Gasteiger partial charge on any atom is -0.494 e. The molecule has 116 valence electrons. The van der Waals surface area contributed by atoms with Gasteiger partial charge in [0.2, 0.25) is 0 Å². The van der Waals surface area contributed by atoms with Crippen LogP contribution >= 0.6 is 0 Å². The summed E-state index contributed by atoms with van der Waals surface area (Å²) in [4.78, 5) is 2.36. The third kappa shape index (κ3) is 4.60. The summed E-state index contributed by atoms with van der Waals surface area (Å²) >= 11 is 0. The topological polar surface area (TPSA) is 67.8 Å². The first-order chi connectivity index (χ1) is 10.6. The zero-order valence-corrected chi connectivity index (χ0v) is 13.1. The second-order valence-corrected chi connectivity index (χ2v) is 6.25. The molecule has 2 aromatic carbocycles. The van der Waals surface area contributed by atoms with E-state index in [-0.39, 0.29) is 4.90 Å². The first-order valence-corrected chi connectivity index (χ1v) is 8.43. The Hall–Kier alpha value is -2.34. The highest BCUT2D eigenvalue weighted by molar-refractivity contribution is 7.89. The summed E-state index contributed by atoms with van der Waals surface area (Å²) in [5, 5.41) is 3.79. The molecule has 0 amide bonds. The maximum Gasteiger partial charge on any atom is 0.276 e. The van der Waals surface area contributed by atoms with Crippen LogP contribution in [0.15, 0.2) is 64.6 Å². The van der Waals surface area contributed by atoms with Gasteiger partial charge in [0.15, 0.2) is 0 Å². The maximum atomic E-state index is 12.0. The van der Waals surface area contributed by atoms with E-state index in [1.165, 1.54) is 18.3 Å². The van der Waals surface area contributed by atoms with Crippen molar-refractivity contribution in [3.8, 4) is 5.75 Å². The molecule has 0 bridgehead atoms. The molecule has 0 radical (unpaired) electrons. The number of nitrogens with zero attached hydrogens (tertiary/aromatic N) is 1. The number of benzene rings is 2. The van der Waals surface area contributed by atoms with E-state index in [0.29, 0.717) is 6.61 Å². The molecular formula is C16H18N2O3S. The standard InChI is InChI=1S/C16H18N2O3S/c1-2-11-21-15-8-6-7-14(12-15)13-17-18-22(19,20)16-9-4-3-5-10-16/h3-10,12-13,18H,2,11H2,1H3/b17-13+. The molecule has 0 aliphatic rings. The number of nitrogens with one attached hydrogen (secondary N) is 1. The highest BCUT2D eigenvalue weighted by atomic mass is 32.2. The number of hydrogen-bond acceptors (Lipinski definition) is 4. The number of ether oxygens (including phenoxy) is 1. The summed E-state index contributed by atoms with van der Waals surface area (Å²) < 4.78 is 29.5. The van der Waals surface area contributed by atoms with Gasteiger partial charge in [0.1, 0.15) is 5.75 Å². The van der Waals surface area contributed by atoms with Gasteiger partial charge in [0, 0.05) is 0 Å². The molecule has 1 N–H and O–H groups in total. The lowest BCUT2D eigenvalue weighted by Crippen LogP contribution is -2.18. The Labute approximate surface area is 130 Å². The van der Waals surface area contributed by atoms with Gasteiger partial charge in [-0.05, 0) is 36.2 Å². The summed E-state index contributed by atoms with van der Waals surface area (Å²) in [5.41, 5.74) is 0.754. The van der Waals surface area contributed by atoms with Crippen LogP contribution in [0, 0.1) is 0 Å². The van der Waals surface area contributed by atoms with Crippen LogP contribution in [-0.4, -0.2) is 21.2 Å².